The van der Waals surface area contributed by atoms with Gasteiger partial charge >= 0.3 is 5.97 Å². The van der Waals surface area contributed by atoms with Gasteiger partial charge in [-0.2, -0.15) is 0 Å². The van der Waals surface area contributed by atoms with Crippen molar-refractivity contribution in [2.24, 2.45) is 5.92 Å². The van der Waals surface area contributed by atoms with Crippen LogP contribution in [-0.4, -0.2) is 61.8 Å². The number of likely N-dealkylation sites (tertiary alicyclic amines) is 1. The van der Waals surface area contributed by atoms with Gasteiger partial charge in [-0.25, -0.2) is 12.7 Å². The number of carbonyl (C=O) groups is 2. The van der Waals surface area contributed by atoms with Gasteiger partial charge in [0.2, 0.25) is 5.09 Å². The second-order valence-corrected chi connectivity index (χ2v) is 7.48. The van der Waals surface area contributed by atoms with Crippen LogP contribution >= 0.6 is 0 Å². The zero-order valence-electron chi connectivity index (χ0n) is 12.6. The van der Waals surface area contributed by atoms with Gasteiger partial charge in [0.1, 0.15) is 5.76 Å². The molecule has 0 saturated carbocycles. The highest BCUT2D eigenvalue weighted by molar-refractivity contribution is 7.88. The molecular weight excluding hydrogens is 312 g/mol. The first-order valence-electron chi connectivity index (χ1n) is 6.69. The quantitative estimate of drug-likeness (QED) is 0.855. The molecule has 1 aromatic heterocycles. The van der Waals surface area contributed by atoms with Crippen LogP contribution in [0.3, 0.4) is 0 Å². The number of nitrogens with zero attached hydrogens (tertiary/aromatic N) is 2. The molecular formula is C13H18N2O6S. The Bertz CT molecular complexity index is 706. The van der Waals surface area contributed by atoms with E-state index in [4.69, 9.17) is 9.52 Å². The number of hydrogen-bond donors (Lipinski definition) is 1. The van der Waals surface area contributed by atoms with Gasteiger partial charge in [0.25, 0.3) is 15.9 Å². The largest absolute Gasteiger partial charge is 0.481 e. The van der Waals surface area contributed by atoms with E-state index in [1.165, 1.54) is 32.0 Å². The number of rotatable bonds is 4. The maximum Gasteiger partial charge on any atom is 0.308 e. The summed E-state index contributed by atoms with van der Waals surface area (Å²) in [5, 5.41) is 8.67. The predicted octanol–water partition coefficient (Wildman–Crippen LogP) is 0.385. The summed E-state index contributed by atoms with van der Waals surface area (Å²) < 4.78 is 30.2. The molecule has 2 rings (SSSR count). The molecule has 1 N–H and O–H groups in total. The van der Waals surface area contributed by atoms with Crippen molar-refractivity contribution in [2.45, 2.75) is 18.4 Å². The topological polar surface area (TPSA) is 108 Å². The van der Waals surface area contributed by atoms with Crippen LogP contribution in [-0.2, 0) is 14.8 Å². The summed E-state index contributed by atoms with van der Waals surface area (Å²) in [5.41, 5.74) is 0.145. The average Bonchev–Trinajstić information content (AvgIpc) is 3.04. The Morgan fingerprint density at radius 2 is 2.05 bits per heavy atom. The van der Waals surface area contributed by atoms with Crippen LogP contribution in [0.25, 0.3) is 0 Å². The minimum Gasteiger partial charge on any atom is -0.481 e. The summed E-state index contributed by atoms with van der Waals surface area (Å²) in [7, 11) is -1.02. The van der Waals surface area contributed by atoms with E-state index >= 15 is 0 Å². The Balaban J connectivity index is 2.26. The fraction of sp³-hybridized carbons (Fsp3) is 0.538. The zero-order chi connectivity index (χ0) is 16.7. The molecule has 0 spiro atoms. The number of amides is 1. The lowest BCUT2D eigenvalue weighted by atomic mass is 10.1. The van der Waals surface area contributed by atoms with Crippen molar-refractivity contribution in [1.29, 1.82) is 0 Å². The van der Waals surface area contributed by atoms with E-state index < -0.39 is 27.8 Å². The van der Waals surface area contributed by atoms with Crippen LogP contribution in [0.15, 0.2) is 15.6 Å². The average molecular weight is 330 g/mol. The van der Waals surface area contributed by atoms with Gasteiger partial charge < -0.3 is 14.4 Å². The van der Waals surface area contributed by atoms with Gasteiger partial charge in [-0.15, -0.1) is 0 Å². The number of aliphatic carboxylic acids is 1. The maximum atomic E-state index is 12.4. The fourth-order valence-electron chi connectivity index (χ4n) is 2.29. The number of carboxylic acids is 1. The molecule has 1 saturated heterocycles. The molecule has 1 aromatic rings. The van der Waals surface area contributed by atoms with Crippen molar-refractivity contribution in [3.05, 3.63) is 17.4 Å². The SMILES string of the molecule is Cc1oc(S(=O)(=O)N(C)C)cc1C(=O)N1CCC(C(=O)O)C1. The first-order chi connectivity index (χ1) is 10.1. The molecule has 0 bridgehead atoms. The monoisotopic (exact) mass is 330 g/mol. The lowest BCUT2D eigenvalue weighted by molar-refractivity contribution is -0.141. The summed E-state index contributed by atoms with van der Waals surface area (Å²) >= 11 is 0. The number of carbonyl (C=O) groups excluding carboxylic acids is 1. The smallest absolute Gasteiger partial charge is 0.308 e. The van der Waals surface area contributed by atoms with Gasteiger partial charge in [-0.05, 0) is 13.3 Å². The van der Waals surface area contributed by atoms with Crippen LogP contribution in [0.1, 0.15) is 22.5 Å². The van der Waals surface area contributed by atoms with Crippen molar-refractivity contribution in [3.63, 3.8) is 0 Å². The number of carboxylic acid groups (broad SMARTS) is 1. The standard InChI is InChI=1S/C13H18N2O6S/c1-8-10(6-11(21-8)22(19,20)14(2)3)12(16)15-5-4-9(7-15)13(17)18/h6,9H,4-5,7H2,1-3H3,(H,17,18). The molecule has 22 heavy (non-hydrogen) atoms. The molecule has 8 nitrogen and oxygen atoms in total. The van der Waals surface area contributed by atoms with E-state index in [1.54, 1.807) is 0 Å². The highest BCUT2D eigenvalue weighted by atomic mass is 32.2. The van der Waals surface area contributed by atoms with E-state index in [0.29, 0.717) is 13.0 Å². The summed E-state index contributed by atoms with van der Waals surface area (Å²) in [4.78, 5) is 24.8. The second kappa shape index (κ2) is 5.73. The Morgan fingerprint density at radius 3 is 2.55 bits per heavy atom. The fourth-order valence-corrected chi connectivity index (χ4v) is 3.15. The number of aryl methyl sites for hydroxylation is 1. The third kappa shape index (κ3) is 2.86. The summed E-state index contributed by atoms with van der Waals surface area (Å²) in [6.07, 6.45) is 0.390. The highest BCUT2D eigenvalue weighted by Gasteiger charge is 2.34. The Kier molecular flexibility index (Phi) is 4.30. The second-order valence-electron chi connectivity index (χ2n) is 5.40. The van der Waals surface area contributed by atoms with E-state index in [9.17, 15) is 18.0 Å². The van der Waals surface area contributed by atoms with E-state index in [2.05, 4.69) is 0 Å². The van der Waals surface area contributed by atoms with Crippen LogP contribution < -0.4 is 0 Å². The van der Waals surface area contributed by atoms with Gasteiger partial charge in [-0.1, -0.05) is 0 Å². The molecule has 122 valence electrons. The third-order valence-corrected chi connectivity index (χ3v) is 5.36. The molecule has 0 aromatic carbocycles. The summed E-state index contributed by atoms with van der Waals surface area (Å²) in [5.74, 6) is -1.73. The molecule has 2 heterocycles. The van der Waals surface area contributed by atoms with Crippen LogP contribution in [0.2, 0.25) is 0 Å². The van der Waals surface area contributed by atoms with Crippen molar-refractivity contribution >= 4 is 21.9 Å². The van der Waals surface area contributed by atoms with Crippen molar-refractivity contribution < 1.29 is 27.5 Å². The number of hydrogen-bond acceptors (Lipinski definition) is 5. The zero-order valence-corrected chi connectivity index (χ0v) is 13.4. The lowest BCUT2D eigenvalue weighted by Gasteiger charge is -2.14. The highest BCUT2D eigenvalue weighted by Crippen LogP contribution is 2.25. The molecule has 1 amide bonds. The van der Waals surface area contributed by atoms with Gasteiger partial charge in [0.05, 0.1) is 11.5 Å². The van der Waals surface area contributed by atoms with Crippen molar-refractivity contribution in [3.8, 4) is 0 Å². The molecule has 1 fully saturated rings. The Labute approximate surface area is 128 Å². The first-order valence-corrected chi connectivity index (χ1v) is 8.13. The molecule has 9 heteroatoms. The first kappa shape index (κ1) is 16.5. The van der Waals surface area contributed by atoms with Crippen LogP contribution in [0, 0.1) is 12.8 Å². The Hall–Kier alpha value is -1.87. The summed E-state index contributed by atoms with van der Waals surface area (Å²) in [6.45, 7) is 1.96. The molecule has 1 aliphatic heterocycles. The number of furan rings is 1. The molecule has 0 radical (unpaired) electrons. The van der Waals surface area contributed by atoms with Gasteiger partial charge in [0, 0.05) is 33.3 Å². The summed E-state index contributed by atoms with van der Waals surface area (Å²) in [6, 6.07) is 1.20. The lowest BCUT2D eigenvalue weighted by Crippen LogP contribution is -2.30. The van der Waals surface area contributed by atoms with E-state index in [1.807, 2.05) is 0 Å². The van der Waals surface area contributed by atoms with Gasteiger partial charge in [-0.3, -0.25) is 9.59 Å². The molecule has 1 unspecified atom stereocenters. The van der Waals surface area contributed by atoms with E-state index in [0.717, 1.165) is 4.31 Å². The predicted molar refractivity (Wildman–Crippen MR) is 76.0 cm³/mol. The van der Waals surface area contributed by atoms with E-state index in [-0.39, 0.29) is 23.0 Å². The number of sulfonamides is 1. The minimum atomic E-state index is -3.76. The molecule has 0 aliphatic carbocycles. The minimum absolute atomic E-state index is 0.120. The van der Waals surface area contributed by atoms with Crippen LogP contribution in [0.5, 0.6) is 0 Å². The van der Waals surface area contributed by atoms with Crippen molar-refractivity contribution in [1.82, 2.24) is 9.21 Å². The van der Waals surface area contributed by atoms with Crippen LogP contribution in [0.4, 0.5) is 0 Å². The molecule has 1 aliphatic rings. The normalized spacial score (nSPS) is 18.9. The van der Waals surface area contributed by atoms with Gasteiger partial charge in [0.15, 0.2) is 0 Å². The Morgan fingerprint density at radius 1 is 1.41 bits per heavy atom. The maximum absolute atomic E-state index is 12.4. The molecule has 1 atom stereocenters. The third-order valence-electron chi connectivity index (χ3n) is 3.69. The van der Waals surface area contributed by atoms with Crippen molar-refractivity contribution in [2.75, 3.05) is 27.2 Å².